The first kappa shape index (κ1) is 22.9. The van der Waals surface area contributed by atoms with Crippen LogP contribution in [0.2, 0.25) is 0 Å². The molecule has 1 aromatic rings. The third-order valence-electron chi connectivity index (χ3n) is 6.69. The third-order valence-corrected chi connectivity index (χ3v) is 6.69. The molecule has 1 heterocycles. The number of likely N-dealkylation sites (tertiary alicyclic amines) is 1. The number of aryl methyl sites for hydroxylation is 1. The lowest BCUT2D eigenvalue weighted by Gasteiger charge is -2.42. The second-order valence-electron chi connectivity index (χ2n) is 8.59. The van der Waals surface area contributed by atoms with E-state index in [4.69, 9.17) is 0 Å². The Morgan fingerprint density at radius 3 is 2.57 bits per heavy atom. The lowest BCUT2D eigenvalue weighted by molar-refractivity contribution is -0.122. The van der Waals surface area contributed by atoms with Gasteiger partial charge in [0.25, 0.3) is 0 Å². The molecule has 1 aliphatic rings. The van der Waals surface area contributed by atoms with E-state index in [2.05, 4.69) is 44.0 Å². The van der Waals surface area contributed by atoms with Gasteiger partial charge in [-0.2, -0.15) is 0 Å². The number of unbranched alkanes of at least 4 members (excludes halogenated alkanes) is 4. The van der Waals surface area contributed by atoms with Crippen LogP contribution in [-0.4, -0.2) is 29.9 Å². The van der Waals surface area contributed by atoms with Crippen LogP contribution in [0.25, 0.3) is 0 Å². The molecular formula is C25H42N2O. The van der Waals surface area contributed by atoms with E-state index in [0.29, 0.717) is 6.04 Å². The van der Waals surface area contributed by atoms with Gasteiger partial charge < -0.3 is 10.2 Å². The van der Waals surface area contributed by atoms with Crippen molar-refractivity contribution in [2.24, 2.45) is 11.8 Å². The third kappa shape index (κ3) is 6.62. The molecular weight excluding hydrogens is 344 g/mol. The zero-order chi connectivity index (χ0) is 20.4. The largest absolute Gasteiger partial charge is 0.326 e. The number of carbonyl (C=O) groups excluding carboxylic acids is 1. The summed E-state index contributed by atoms with van der Waals surface area (Å²) in [6.07, 6.45) is 11.3. The van der Waals surface area contributed by atoms with Crippen molar-refractivity contribution in [2.45, 2.75) is 91.5 Å². The molecule has 1 N–H and O–H groups in total. The van der Waals surface area contributed by atoms with Gasteiger partial charge in [-0.3, -0.25) is 4.79 Å². The number of nitrogens with one attached hydrogen (secondary N) is 1. The molecule has 0 bridgehead atoms. The summed E-state index contributed by atoms with van der Waals surface area (Å²) in [4.78, 5) is 15.6. The number of hydrogen-bond donors (Lipinski definition) is 1. The van der Waals surface area contributed by atoms with Gasteiger partial charge in [-0.25, -0.2) is 0 Å². The van der Waals surface area contributed by atoms with Gasteiger partial charge in [-0.05, 0) is 56.8 Å². The normalized spacial score (nSPS) is 21.4. The SMILES string of the molecule is CCCCCCCC(CC)C1CC(C(=O)Nc2ccccc2C)CCN1CC. The quantitative estimate of drug-likeness (QED) is 0.445. The van der Waals surface area contributed by atoms with Crippen LogP contribution < -0.4 is 5.32 Å². The van der Waals surface area contributed by atoms with E-state index in [9.17, 15) is 4.79 Å². The van der Waals surface area contributed by atoms with Crippen LogP contribution in [0.1, 0.15) is 84.1 Å². The molecule has 0 spiro atoms. The second kappa shape index (κ2) is 12.3. The standard InChI is InChI=1S/C25H42N2O/c1-5-8-9-10-11-15-21(6-2)24-19-22(17-18-27(24)7-3)25(28)26-23-16-13-12-14-20(23)4/h12-14,16,21-22,24H,5-11,15,17-19H2,1-4H3,(H,26,28). The molecule has 0 aromatic heterocycles. The average Bonchev–Trinajstić information content (AvgIpc) is 2.72. The Hall–Kier alpha value is -1.35. The molecule has 1 fully saturated rings. The Bertz CT molecular complexity index is 586. The number of benzene rings is 1. The van der Waals surface area contributed by atoms with Crippen LogP contribution in [0.5, 0.6) is 0 Å². The van der Waals surface area contributed by atoms with E-state index in [1.807, 2.05) is 18.2 Å². The van der Waals surface area contributed by atoms with Crippen molar-refractivity contribution in [3.8, 4) is 0 Å². The molecule has 0 radical (unpaired) electrons. The topological polar surface area (TPSA) is 32.3 Å². The Morgan fingerprint density at radius 2 is 1.89 bits per heavy atom. The zero-order valence-electron chi connectivity index (χ0n) is 18.7. The Balaban J connectivity index is 1.96. The number of para-hydroxylation sites is 1. The lowest BCUT2D eigenvalue weighted by atomic mass is 9.80. The molecule has 0 saturated carbocycles. The maximum absolute atomic E-state index is 13.0. The predicted molar refractivity (Wildman–Crippen MR) is 121 cm³/mol. The number of piperidine rings is 1. The fourth-order valence-electron chi connectivity index (χ4n) is 4.79. The maximum Gasteiger partial charge on any atom is 0.227 e. The van der Waals surface area contributed by atoms with Gasteiger partial charge in [0.1, 0.15) is 0 Å². The smallest absolute Gasteiger partial charge is 0.227 e. The average molecular weight is 387 g/mol. The highest BCUT2D eigenvalue weighted by Gasteiger charge is 2.35. The van der Waals surface area contributed by atoms with Gasteiger partial charge >= 0.3 is 0 Å². The van der Waals surface area contributed by atoms with E-state index >= 15 is 0 Å². The number of anilines is 1. The highest BCUT2D eigenvalue weighted by atomic mass is 16.1. The summed E-state index contributed by atoms with van der Waals surface area (Å²) in [5.74, 6) is 1.07. The molecule has 158 valence electrons. The fourth-order valence-corrected chi connectivity index (χ4v) is 4.79. The summed E-state index contributed by atoms with van der Waals surface area (Å²) in [7, 11) is 0. The Kier molecular flexibility index (Phi) is 10.0. The lowest BCUT2D eigenvalue weighted by Crippen LogP contribution is -2.48. The molecule has 3 heteroatoms. The minimum absolute atomic E-state index is 0.140. The molecule has 1 saturated heterocycles. The minimum Gasteiger partial charge on any atom is -0.326 e. The van der Waals surface area contributed by atoms with E-state index in [1.165, 1.54) is 44.9 Å². The van der Waals surface area contributed by atoms with Gasteiger partial charge in [0, 0.05) is 17.6 Å². The highest BCUT2D eigenvalue weighted by Crippen LogP contribution is 2.33. The van der Waals surface area contributed by atoms with Gasteiger partial charge in [0.15, 0.2) is 0 Å². The van der Waals surface area contributed by atoms with Crippen molar-refractivity contribution < 1.29 is 4.79 Å². The maximum atomic E-state index is 13.0. The number of carbonyl (C=O) groups is 1. The molecule has 28 heavy (non-hydrogen) atoms. The van der Waals surface area contributed by atoms with E-state index in [1.54, 1.807) is 0 Å². The summed E-state index contributed by atoms with van der Waals surface area (Å²) < 4.78 is 0. The van der Waals surface area contributed by atoms with E-state index in [-0.39, 0.29) is 11.8 Å². The first-order valence-electron chi connectivity index (χ1n) is 11.7. The second-order valence-corrected chi connectivity index (χ2v) is 8.59. The molecule has 1 amide bonds. The van der Waals surface area contributed by atoms with Crippen LogP contribution in [0.4, 0.5) is 5.69 Å². The van der Waals surface area contributed by atoms with E-state index < -0.39 is 0 Å². The van der Waals surface area contributed by atoms with Crippen LogP contribution in [0.3, 0.4) is 0 Å². The van der Waals surface area contributed by atoms with Gasteiger partial charge in [-0.15, -0.1) is 0 Å². The summed E-state index contributed by atoms with van der Waals surface area (Å²) in [6.45, 7) is 11.1. The number of amides is 1. The molecule has 3 atom stereocenters. The van der Waals surface area contributed by atoms with Crippen molar-refractivity contribution in [2.75, 3.05) is 18.4 Å². The molecule has 3 unspecified atom stereocenters. The number of nitrogens with zero attached hydrogens (tertiary/aromatic N) is 1. The summed E-state index contributed by atoms with van der Waals surface area (Å²) in [5.41, 5.74) is 2.10. The first-order chi connectivity index (χ1) is 13.6. The summed E-state index contributed by atoms with van der Waals surface area (Å²) in [5, 5.41) is 3.20. The Labute approximate surface area is 173 Å². The van der Waals surface area contributed by atoms with Crippen LogP contribution in [-0.2, 0) is 4.79 Å². The predicted octanol–water partition coefficient (Wildman–Crippen LogP) is 6.42. The monoisotopic (exact) mass is 386 g/mol. The fraction of sp³-hybridized carbons (Fsp3) is 0.720. The van der Waals surface area contributed by atoms with Crippen molar-refractivity contribution in [3.63, 3.8) is 0 Å². The molecule has 3 nitrogen and oxygen atoms in total. The van der Waals surface area contributed by atoms with Crippen LogP contribution in [0.15, 0.2) is 24.3 Å². The summed E-state index contributed by atoms with van der Waals surface area (Å²) >= 11 is 0. The van der Waals surface area contributed by atoms with Crippen molar-refractivity contribution in [1.82, 2.24) is 4.90 Å². The van der Waals surface area contributed by atoms with Crippen molar-refractivity contribution in [3.05, 3.63) is 29.8 Å². The molecule has 1 aliphatic heterocycles. The van der Waals surface area contributed by atoms with E-state index in [0.717, 1.165) is 43.1 Å². The van der Waals surface area contributed by atoms with Crippen LogP contribution >= 0.6 is 0 Å². The zero-order valence-corrected chi connectivity index (χ0v) is 18.7. The number of rotatable bonds is 11. The number of hydrogen-bond acceptors (Lipinski definition) is 2. The Morgan fingerprint density at radius 1 is 1.14 bits per heavy atom. The highest BCUT2D eigenvalue weighted by molar-refractivity contribution is 5.93. The molecule has 1 aromatic carbocycles. The van der Waals surface area contributed by atoms with Crippen molar-refractivity contribution >= 4 is 11.6 Å². The van der Waals surface area contributed by atoms with Crippen LogP contribution in [0, 0.1) is 18.8 Å². The van der Waals surface area contributed by atoms with Crippen molar-refractivity contribution in [1.29, 1.82) is 0 Å². The first-order valence-corrected chi connectivity index (χ1v) is 11.7. The summed E-state index contributed by atoms with van der Waals surface area (Å²) in [6, 6.07) is 8.65. The van der Waals surface area contributed by atoms with Gasteiger partial charge in [0.05, 0.1) is 0 Å². The minimum atomic E-state index is 0.140. The molecule has 0 aliphatic carbocycles. The van der Waals surface area contributed by atoms with Gasteiger partial charge in [-0.1, -0.05) is 77.5 Å². The van der Waals surface area contributed by atoms with Gasteiger partial charge in [0.2, 0.25) is 5.91 Å². The molecule has 2 rings (SSSR count).